The van der Waals surface area contributed by atoms with Gasteiger partial charge in [0.25, 0.3) is 11.8 Å². The highest BCUT2D eigenvalue weighted by molar-refractivity contribution is 7.92. The SMILES string of the molecule is [B]C([B])([B])NC(=O)c1nnc(NC(=O)C2CC2)cc1Nc1cccc(-c2ncc(C(=O)N3CCN(S(=O)(=O)C=C)CC3)s2)c1OC. The Hall–Kier alpha value is -4.22. The number of nitrogens with zero attached hydrogens (tertiary/aromatic N) is 5. The first-order chi connectivity index (χ1) is 21.8. The minimum Gasteiger partial charge on any atom is -0.494 e. The van der Waals surface area contributed by atoms with Crippen molar-refractivity contribution in [3.63, 3.8) is 0 Å². The van der Waals surface area contributed by atoms with Crippen LogP contribution in [0, 0.1) is 5.92 Å². The van der Waals surface area contributed by atoms with E-state index in [2.05, 4.69) is 37.7 Å². The lowest BCUT2D eigenvalue weighted by atomic mass is 9.49. The van der Waals surface area contributed by atoms with Crippen molar-refractivity contribution in [2.45, 2.75) is 18.1 Å². The Morgan fingerprint density at radius 2 is 1.83 bits per heavy atom. The number of anilines is 3. The van der Waals surface area contributed by atoms with Crippen LogP contribution in [0.3, 0.4) is 0 Å². The Balaban J connectivity index is 1.40. The summed E-state index contributed by atoms with van der Waals surface area (Å²) in [5.41, 5.74) is 0.846. The lowest BCUT2D eigenvalue weighted by Gasteiger charge is -2.32. The molecule has 1 aliphatic heterocycles. The van der Waals surface area contributed by atoms with Gasteiger partial charge in [-0.05, 0) is 25.0 Å². The molecule has 6 radical (unpaired) electrons. The van der Waals surface area contributed by atoms with Gasteiger partial charge >= 0.3 is 0 Å². The van der Waals surface area contributed by atoms with Crippen molar-refractivity contribution >= 4 is 79.8 Å². The van der Waals surface area contributed by atoms with Crippen molar-refractivity contribution in [3.05, 3.63) is 53.0 Å². The number of carbonyl (C=O) groups is 3. The zero-order valence-electron chi connectivity index (χ0n) is 24.7. The van der Waals surface area contributed by atoms with Gasteiger partial charge in [0.05, 0.1) is 53.8 Å². The fraction of sp³-hybridized carbons (Fsp3) is 0.333. The fourth-order valence-corrected chi connectivity index (χ4v) is 6.41. The average Bonchev–Trinajstić information content (AvgIpc) is 3.76. The number of rotatable bonds is 11. The van der Waals surface area contributed by atoms with Crippen LogP contribution in [0.1, 0.15) is 33.0 Å². The quantitative estimate of drug-likeness (QED) is 0.250. The molecule has 19 heteroatoms. The van der Waals surface area contributed by atoms with E-state index < -0.39 is 21.2 Å². The zero-order chi connectivity index (χ0) is 33.2. The van der Waals surface area contributed by atoms with Crippen molar-refractivity contribution in [1.29, 1.82) is 0 Å². The second-order valence-electron chi connectivity index (χ2n) is 10.6. The minimum atomic E-state index is -3.56. The first-order valence-corrected chi connectivity index (χ1v) is 16.3. The van der Waals surface area contributed by atoms with Crippen LogP contribution in [0.15, 0.2) is 42.4 Å². The van der Waals surface area contributed by atoms with Crippen molar-refractivity contribution in [2.24, 2.45) is 5.92 Å². The monoisotopic (exact) mass is 656 g/mol. The topological polar surface area (TPSA) is 176 Å². The average molecular weight is 656 g/mol. The van der Waals surface area contributed by atoms with Gasteiger partial charge in [0.15, 0.2) is 17.3 Å². The van der Waals surface area contributed by atoms with E-state index in [0.717, 1.165) is 29.6 Å². The maximum absolute atomic E-state index is 13.2. The van der Waals surface area contributed by atoms with Gasteiger partial charge in [-0.2, -0.15) is 4.31 Å². The maximum atomic E-state index is 13.2. The summed E-state index contributed by atoms with van der Waals surface area (Å²) in [4.78, 5) is 44.9. The molecule has 1 saturated carbocycles. The number of ether oxygens (including phenoxy) is 1. The summed E-state index contributed by atoms with van der Waals surface area (Å²) in [5, 5.41) is 15.3. The first kappa shape index (κ1) is 33.2. The van der Waals surface area contributed by atoms with Crippen LogP contribution < -0.4 is 20.7 Å². The molecule has 2 fully saturated rings. The Kier molecular flexibility index (Phi) is 9.55. The zero-order valence-corrected chi connectivity index (χ0v) is 26.4. The van der Waals surface area contributed by atoms with Crippen LogP contribution in [-0.4, -0.2) is 113 Å². The van der Waals surface area contributed by atoms with Crippen LogP contribution in [-0.2, 0) is 14.8 Å². The normalized spacial score (nSPS) is 15.5. The number of thiazole rings is 1. The Bertz CT molecular complexity index is 1790. The summed E-state index contributed by atoms with van der Waals surface area (Å²) >= 11 is 1.14. The largest absolute Gasteiger partial charge is 0.494 e. The molecular formula is C27H27B3N8O6S2. The molecule has 1 aromatic carbocycles. The molecule has 3 N–H and O–H groups in total. The van der Waals surface area contributed by atoms with Crippen LogP contribution in [0.4, 0.5) is 17.2 Å². The van der Waals surface area contributed by atoms with E-state index in [1.54, 1.807) is 23.1 Å². The van der Waals surface area contributed by atoms with Crippen LogP contribution in [0.25, 0.3) is 10.6 Å². The summed E-state index contributed by atoms with van der Waals surface area (Å²) in [6.07, 6.45) is 3.01. The van der Waals surface area contributed by atoms with Gasteiger partial charge in [0, 0.05) is 43.6 Å². The molecule has 232 valence electrons. The molecule has 14 nitrogen and oxygen atoms in total. The third kappa shape index (κ3) is 7.59. The number of amides is 3. The molecule has 3 heterocycles. The van der Waals surface area contributed by atoms with Gasteiger partial charge in [-0.25, -0.2) is 13.4 Å². The van der Waals surface area contributed by atoms with Crippen molar-refractivity contribution in [2.75, 3.05) is 43.9 Å². The summed E-state index contributed by atoms with van der Waals surface area (Å²) in [5.74, 6) is -0.974. The van der Waals surface area contributed by atoms with E-state index in [1.807, 2.05) is 0 Å². The molecule has 3 aromatic rings. The Morgan fingerprint density at radius 1 is 1.11 bits per heavy atom. The third-order valence-corrected chi connectivity index (χ3v) is 9.59. The number of carbonyl (C=O) groups excluding carboxylic acids is 3. The summed E-state index contributed by atoms with van der Waals surface area (Å²) < 4.78 is 31.2. The van der Waals surface area contributed by atoms with Gasteiger partial charge in [-0.3, -0.25) is 14.4 Å². The molecule has 0 bridgehead atoms. The predicted molar refractivity (Wildman–Crippen MR) is 175 cm³/mol. The van der Waals surface area contributed by atoms with Gasteiger partial charge in [0.2, 0.25) is 15.9 Å². The molecule has 3 amide bonds. The lowest BCUT2D eigenvalue weighted by Crippen LogP contribution is -2.50. The smallest absolute Gasteiger partial charge is 0.272 e. The van der Waals surface area contributed by atoms with Crippen LogP contribution >= 0.6 is 11.3 Å². The molecule has 0 atom stereocenters. The van der Waals surface area contributed by atoms with Crippen molar-refractivity contribution in [3.8, 4) is 16.3 Å². The summed E-state index contributed by atoms with van der Waals surface area (Å²) in [7, 11) is 14.6. The number of para-hydroxylation sites is 1. The first-order valence-electron chi connectivity index (χ1n) is 14.0. The van der Waals surface area contributed by atoms with E-state index in [1.165, 1.54) is 23.7 Å². The van der Waals surface area contributed by atoms with Crippen LogP contribution in [0.2, 0.25) is 0 Å². The summed E-state index contributed by atoms with van der Waals surface area (Å²) in [6, 6.07) is 6.58. The number of aromatic nitrogens is 3. The molecule has 1 saturated heterocycles. The highest BCUT2D eigenvalue weighted by Crippen LogP contribution is 2.40. The number of piperazine rings is 1. The number of sulfonamides is 1. The molecule has 5 rings (SSSR count). The summed E-state index contributed by atoms with van der Waals surface area (Å²) in [6.45, 7) is 4.11. The number of methoxy groups -OCH3 is 1. The second kappa shape index (κ2) is 13.3. The molecule has 0 spiro atoms. The molecule has 0 unspecified atom stereocenters. The van der Waals surface area contributed by atoms with E-state index in [4.69, 9.17) is 28.3 Å². The second-order valence-corrected chi connectivity index (χ2v) is 13.5. The van der Waals surface area contributed by atoms with Gasteiger partial charge in [-0.15, -0.1) is 21.5 Å². The van der Waals surface area contributed by atoms with Crippen LogP contribution in [0.5, 0.6) is 5.75 Å². The highest BCUT2D eigenvalue weighted by Gasteiger charge is 2.31. The lowest BCUT2D eigenvalue weighted by molar-refractivity contribution is -0.117. The van der Waals surface area contributed by atoms with Crippen molar-refractivity contribution in [1.82, 2.24) is 29.7 Å². The van der Waals surface area contributed by atoms with E-state index in [9.17, 15) is 22.8 Å². The Morgan fingerprint density at radius 3 is 2.46 bits per heavy atom. The molecule has 1 aliphatic carbocycles. The number of hydrogen-bond acceptors (Lipinski definition) is 11. The molecular weight excluding hydrogens is 629 g/mol. The number of benzene rings is 1. The molecule has 2 aromatic heterocycles. The Labute approximate surface area is 273 Å². The minimum absolute atomic E-state index is 0.0987. The van der Waals surface area contributed by atoms with E-state index in [0.29, 0.717) is 26.9 Å². The molecule has 46 heavy (non-hydrogen) atoms. The number of hydrogen-bond donors (Lipinski definition) is 3. The van der Waals surface area contributed by atoms with Crippen molar-refractivity contribution < 1.29 is 27.5 Å². The maximum Gasteiger partial charge on any atom is 0.272 e. The number of nitrogens with one attached hydrogen (secondary N) is 3. The predicted octanol–water partition coefficient (Wildman–Crippen LogP) is 0.778. The third-order valence-electron chi connectivity index (χ3n) is 7.07. The standard InChI is InChI=1S/C27H27B3N8O6S2/c1-3-46(42,43)38-11-9-37(10-12-38)26(41)19-14-31-25(45-19)16-5-4-6-17(22(16)44-2)32-18-13-20(33-23(39)15-7-8-15)35-36-21(18)24(40)34-27(28,29)30/h3-6,13-15H,1,7-12H2,2H3,(H,34,40)(H2,32,33,35,39). The van der Waals surface area contributed by atoms with Gasteiger partial charge in [0.1, 0.15) is 9.88 Å². The van der Waals surface area contributed by atoms with Gasteiger partial charge < -0.3 is 25.6 Å². The van der Waals surface area contributed by atoms with E-state index >= 15 is 0 Å². The van der Waals surface area contributed by atoms with Gasteiger partial charge in [-0.1, -0.05) is 17.9 Å². The molecule has 2 aliphatic rings. The van der Waals surface area contributed by atoms with E-state index in [-0.39, 0.29) is 61.1 Å². The highest BCUT2D eigenvalue weighted by atomic mass is 32.2. The fourth-order valence-electron chi connectivity index (χ4n) is 4.62.